The number of hydrogen-bond acceptors (Lipinski definition) is 4. The largest absolute Gasteiger partial charge is 0.493 e. The number of nitrogens with zero attached hydrogens (tertiary/aromatic N) is 1. The van der Waals surface area contributed by atoms with Gasteiger partial charge >= 0.3 is 5.97 Å². The first-order chi connectivity index (χ1) is 9.49. The number of carboxylic acid groups (broad SMARTS) is 1. The summed E-state index contributed by atoms with van der Waals surface area (Å²) in [5, 5.41) is 8.49. The fourth-order valence-electron chi connectivity index (χ4n) is 1.68. The molecule has 0 unspecified atom stereocenters. The normalized spacial score (nSPS) is 10.3. The van der Waals surface area contributed by atoms with E-state index in [4.69, 9.17) is 14.6 Å². The van der Waals surface area contributed by atoms with Crippen LogP contribution in [0.25, 0.3) is 0 Å². The molecule has 0 fully saturated rings. The zero-order valence-corrected chi connectivity index (χ0v) is 11.6. The molecule has 0 aliphatic rings. The fraction of sp³-hybridized carbons (Fsp3) is 0.286. The second kappa shape index (κ2) is 7.18. The maximum atomic E-state index is 11.7. The second-order valence-electron chi connectivity index (χ2n) is 4.02. The standard InChI is InChI=1S/C14H17NO5/c1-15(12(16)7-8-13(17)18)9-10-5-4-6-11(19-2)14(10)20-3/h4-8H,9H2,1-3H3,(H,17,18)/b8-7+. The van der Waals surface area contributed by atoms with Crippen molar-refractivity contribution in [3.05, 3.63) is 35.9 Å². The van der Waals surface area contributed by atoms with E-state index in [0.29, 0.717) is 11.5 Å². The number of hydrogen-bond donors (Lipinski definition) is 1. The average molecular weight is 279 g/mol. The molecule has 0 bridgehead atoms. The molecule has 1 amide bonds. The molecule has 108 valence electrons. The SMILES string of the molecule is COc1cccc(CN(C)C(=O)/C=C/C(=O)O)c1OC. The number of ether oxygens (including phenoxy) is 2. The number of para-hydroxylation sites is 1. The van der Waals surface area contributed by atoms with Crippen LogP contribution in [0.5, 0.6) is 11.5 Å². The highest BCUT2D eigenvalue weighted by Crippen LogP contribution is 2.31. The highest BCUT2D eigenvalue weighted by Gasteiger charge is 2.13. The van der Waals surface area contributed by atoms with E-state index < -0.39 is 11.9 Å². The van der Waals surface area contributed by atoms with Crippen molar-refractivity contribution in [3.63, 3.8) is 0 Å². The summed E-state index contributed by atoms with van der Waals surface area (Å²) in [5.41, 5.74) is 0.770. The van der Waals surface area contributed by atoms with Crippen LogP contribution in [-0.4, -0.2) is 43.2 Å². The minimum absolute atomic E-state index is 0.281. The Morgan fingerprint density at radius 2 is 1.95 bits per heavy atom. The number of benzene rings is 1. The fourth-order valence-corrected chi connectivity index (χ4v) is 1.68. The van der Waals surface area contributed by atoms with Crippen LogP contribution in [0, 0.1) is 0 Å². The zero-order valence-electron chi connectivity index (χ0n) is 11.6. The first kappa shape index (κ1) is 15.6. The Hall–Kier alpha value is -2.50. The summed E-state index contributed by atoms with van der Waals surface area (Å²) in [6, 6.07) is 5.36. The summed E-state index contributed by atoms with van der Waals surface area (Å²) in [5.74, 6) is -0.438. The van der Waals surface area contributed by atoms with Gasteiger partial charge in [0.15, 0.2) is 11.5 Å². The van der Waals surface area contributed by atoms with E-state index >= 15 is 0 Å². The van der Waals surface area contributed by atoms with E-state index in [1.165, 1.54) is 19.1 Å². The van der Waals surface area contributed by atoms with Gasteiger partial charge in [0.05, 0.1) is 14.2 Å². The first-order valence-corrected chi connectivity index (χ1v) is 5.85. The van der Waals surface area contributed by atoms with Gasteiger partial charge < -0.3 is 19.5 Å². The molecular formula is C14H17NO5. The van der Waals surface area contributed by atoms with Crippen LogP contribution in [0.2, 0.25) is 0 Å². The number of carbonyl (C=O) groups excluding carboxylic acids is 1. The number of aliphatic carboxylic acids is 1. The average Bonchev–Trinajstić information content (AvgIpc) is 2.44. The third-order valence-corrected chi connectivity index (χ3v) is 2.64. The number of methoxy groups -OCH3 is 2. The van der Waals surface area contributed by atoms with Crippen molar-refractivity contribution in [1.82, 2.24) is 4.90 Å². The minimum Gasteiger partial charge on any atom is -0.493 e. The Morgan fingerprint density at radius 3 is 2.50 bits per heavy atom. The Bertz CT molecular complexity index is 524. The molecule has 0 aliphatic carbocycles. The third-order valence-electron chi connectivity index (χ3n) is 2.64. The number of rotatable bonds is 6. The van der Waals surface area contributed by atoms with Gasteiger partial charge in [-0.15, -0.1) is 0 Å². The van der Waals surface area contributed by atoms with Crippen molar-refractivity contribution < 1.29 is 24.2 Å². The molecule has 0 heterocycles. The topological polar surface area (TPSA) is 76.1 Å². The van der Waals surface area contributed by atoms with Crippen LogP contribution in [0.4, 0.5) is 0 Å². The number of carboxylic acids is 1. The van der Waals surface area contributed by atoms with Crippen molar-refractivity contribution in [2.75, 3.05) is 21.3 Å². The minimum atomic E-state index is -1.16. The summed E-state index contributed by atoms with van der Waals surface area (Å²) >= 11 is 0. The van der Waals surface area contributed by atoms with Gasteiger partial charge in [0.2, 0.25) is 5.91 Å². The number of amides is 1. The van der Waals surface area contributed by atoms with Gasteiger partial charge in [-0.2, -0.15) is 0 Å². The molecule has 20 heavy (non-hydrogen) atoms. The zero-order chi connectivity index (χ0) is 15.1. The van der Waals surface area contributed by atoms with Crippen molar-refractivity contribution in [3.8, 4) is 11.5 Å². The monoisotopic (exact) mass is 279 g/mol. The smallest absolute Gasteiger partial charge is 0.328 e. The summed E-state index contributed by atoms with van der Waals surface area (Å²) in [6.45, 7) is 0.281. The van der Waals surface area contributed by atoms with Gasteiger partial charge in [-0.05, 0) is 6.07 Å². The predicted molar refractivity (Wildman–Crippen MR) is 72.8 cm³/mol. The lowest BCUT2D eigenvalue weighted by atomic mass is 10.1. The van der Waals surface area contributed by atoms with E-state index in [1.54, 1.807) is 19.2 Å². The molecule has 0 aromatic heterocycles. The van der Waals surface area contributed by atoms with E-state index in [9.17, 15) is 9.59 Å². The molecule has 0 saturated heterocycles. The molecule has 6 heteroatoms. The van der Waals surface area contributed by atoms with Crippen LogP contribution in [0.1, 0.15) is 5.56 Å². The number of likely N-dealkylation sites (N-methyl/N-ethyl adjacent to an activating group) is 1. The van der Waals surface area contributed by atoms with Crippen molar-refractivity contribution in [1.29, 1.82) is 0 Å². The van der Waals surface area contributed by atoms with E-state index in [2.05, 4.69) is 0 Å². The first-order valence-electron chi connectivity index (χ1n) is 5.85. The van der Waals surface area contributed by atoms with Gasteiger partial charge in [0, 0.05) is 31.3 Å². The highest BCUT2D eigenvalue weighted by molar-refractivity contribution is 5.93. The van der Waals surface area contributed by atoms with Crippen LogP contribution < -0.4 is 9.47 Å². The molecule has 1 rings (SSSR count). The molecule has 0 saturated carbocycles. The van der Waals surface area contributed by atoms with Gasteiger partial charge in [-0.1, -0.05) is 12.1 Å². The molecular weight excluding hydrogens is 262 g/mol. The predicted octanol–water partition coefficient (Wildman–Crippen LogP) is 1.30. The summed E-state index contributed by atoms with van der Waals surface area (Å²) < 4.78 is 10.4. The van der Waals surface area contributed by atoms with Crippen molar-refractivity contribution >= 4 is 11.9 Å². The van der Waals surface area contributed by atoms with E-state index in [1.807, 2.05) is 6.07 Å². The maximum absolute atomic E-state index is 11.7. The Balaban J connectivity index is 2.87. The lowest BCUT2D eigenvalue weighted by molar-refractivity contribution is -0.132. The quantitative estimate of drug-likeness (QED) is 0.794. The van der Waals surface area contributed by atoms with Crippen molar-refractivity contribution in [2.45, 2.75) is 6.54 Å². The van der Waals surface area contributed by atoms with E-state index in [0.717, 1.165) is 17.7 Å². The lowest BCUT2D eigenvalue weighted by Crippen LogP contribution is -2.24. The highest BCUT2D eigenvalue weighted by atomic mass is 16.5. The van der Waals surface area contributed by atoms with Crippen LogP contribution in [0.3, 0.4) is 0 Å². The molecule has 6 nitrogen and oxygen atoms in total. The molecule has 1 N–H and O–H groups in total. The van der Waals surface area contributed by atoms with Crippen molar-refractivity contribution in [2.24, 2.45) is 0 Å². The summed E-state index contributed by atoms with van der Waals surface area (Å²) in [6.07, 6.45) is 1.82. The second-order valence-corrected chi connectivity index (χ2v) is 4.02. The molecule has 0 spiro atoms. The summed E-state index contributed by atoms with van der Waals surface area (Å²) in [7, 11) is 4.63. The Kier molecular flexibility index (Phi) is 5.58. The Morgan fingerprint density at radius 1 is 1.25 bits per heavy atom. The van der Waals surface area contributed by atoms with Crippen LogP contribution >= 0.6 is 0 Å². The third kappa shape index (κ3) is 4.01. The van der Waals surface area contributed by atoms with Gasteiger partial charge in [0.1, 0.15) is 0 Å². The van der Waals surface area contributed by atoms with Crippen LogP contribution in [0.15, 0.2) is 30.4 Å². The molecule has 1 aromatic rings. The molecule has 0 aliphatic heterocycles. The Labute approximate surface area is 117 Å². The van der Waals surface area contributed by atoms with Gasteiger partial charge in [-0.3, -0.25) is 4.79 Å². The summed E-state index contributed by atoms with van der Waals surface area (Å²) in [4.78, 5) is 23.5. The lowest BCUT2D eigenvalue weighted by Gasteiger charge is -2.18. The molecule has 0 atom stereocenters. The van der Waals surface area contributed by atoms with E-state index in [-0.39, 0.29) is 6.54 Å². The maximum Gasteiger partial charge on any atom is 0.328 e. The van der Waals surface area contributed by atoms with Gasteiger partial charge in [-0.25, -0.2) is 4.79 Å². The molecule has 1 aromatic carbocycles. The number of carbonyl (C=O) groups is 2. The van der Waals surface area contributed by atoms with Crippen LogP contribution in [-0.2, 0) is 16.1 Å². The molecule has 0 radical (unpaired) electrons. The van der Waals surface area contributed by atoms with Gasteiger partial charge in [0.25, 0.3) is 0 Å².